The molecule has 0 saturated carbocycles. The van der Waals surface area contributed by atoms with Gasteiger partial charge in [-0.3, -0.25) is 9.79 Å². The molecule has 27 heavy (non-hydrogen) atoms. The van der Waals surface area contributed by atoms with Crippen molar-refractivity contribution in [1.29, 1.82) is 0 Å². The lowest BCUT2D eigenvalue weighted by molar-refractivity contribution is 0.0991. The number of alkyl halides is 1. The minimum absolute atomic E-state index is 0.0104. The molecule has 0 fully saturated rings. The third kappa shape index (κ3) is 4.24. The van der Waals surface area contributed by atoms with Gasteiger partial charge in [0, 0.05) is 0 Å². The Balaban J connectivity index is 1.73. The summed E-state index contributed by atoms with van der Waals surface area (Å²) in [5, 5.41) is 0.641. The van der Waals surface area contributed by atoms with Gasteiger partial charge < -0.3 is 15.2 Å². The largest absolute Gasteiger partial charge is 0.497 e. The number of hydrogen-bond donors (Lipinski definition) is 1. The van der Waals surface area contributed by atoms with E-state index in [1.807, 2.05) is 24.3 Å². The molecule has 9 heteroatoms. The number of thioether (sulfide) groups is 1. The van der Waals surface area contributed by atoms with Crippen molar-refractivity contribution in [1.82, 2.24) is 0 Å². The predicted molar refractivity (Wildman–Crippen MR) is 104 cm³/mol. The number of hydrogen-bond acceptors (Lipinski definition) is 5. The molecule has 0 aliphatic carbocycles. The maximum atomic E-state index is 14.2. The van der Waals surface area contributed by atoms with Crippen LogP contribution in [-0.4, -0.2) is 28.8 Å². The van der Waals surface area contributed by atoms with Crippen molar-refractivity contribution >= 4 is 38.6 Å². The van der Waals surface area contributed by atoms with Gasteiger partial charge >= 0.3 is 0 Å². The highest BCUT2D eigenvalue weighted by molar-refractivity contribution is 9.11. The van der Waals surface area contributed by atoms with Crippen LogP contribution in [0.3, 0.4) is 0 Å². The van der Waals surface area contributed by atoms with Crippen LogP contribution in [0.5, 0.6) is 11.5 Å². The quantitative estimate of drug-likeness (QED) is 0.665. The van der Waals surface area contributed by atoms with Gasteiger partial charge in [0.25, 0.3) is 5.91 Å². The number of carbonyl (C=O) groups excluding carboxylic acids is 1. The number of halogens is 3. The predicted octanol–water partition coefficient (Wildman–Crippen LogP) is 4.06. The zero-order chi connectivity index (χ0) is 19.6. The van der Waals surface area contributed by atoms with Gasteiger partial charge in [0.15, 0.2) is 11.6 Å². The molecule has 1 aliphatic heterocycles. The van der Waals surface area contributed by atoms with E-state index in [4.69, 9.17) is 15.2 Å². The molecule has 2 atom stereocenters. The van der Waals surface area contributed by atoms with E-state index in [2.05, 4.69) is 20.9 Å². The number of amides is 1. The average Bonchev–Trinajstić information content (AvgIpc) is 3.01. The molecule has 2 unspecified atom stereocenters. The van der Waals surface area contributed by atoms with Crippen molar-refractivity contribution in [2.75, 3.05) is 13.7 Å². The van der Waals surface area contributed by atoms with Crippen LogP contribution in [0, 0.1) is 11.6 Å². The first-order valence-corrected chi connectivity index (χ1v) is 9.62. The lowest BCUT2D eigenvalue weighted by Crippen LogP contribution is -2.17. The summed E-state index contributed by atoms with van der Waals surface area (Å²) in [6.07, 6.45) is 0. The van der Waals surface area contributed by atoms with Crippen LogP contribution in [0.4, 0.5) is 8.78 Å². The van der Waals surface area contributed by atoms with Crippen LogP contribution < -0.4 is 15.2 Å². The van der Waals surface area contributed by atoms with Crippen LogP contribution in [0.15, 0.2) is 41.4 Å². The zero-order valence-corrected chi connectivity index (χ0v) is 16.5. The number of primary amides is 1. The minimum atomic E-state index is -1.19. The van der Waals surface area contributed by atoms with Gasteiger partial charge in [-0.2, -0.15) is 0 Å². The van der Waals surface area contributed by atoms with Crippen LogP contribution in [0.1, 0.15) is 22.0 Å². The smallest absolute Gasteiger partial charge is 0.254 e. The molecular weight excluding hydrogens is 442 g/mol. The summed E-state index contributed by atoms with van der Waals surface area (Å²) in [6.45, 7) is -0.0137. The lowest BCUT2D eigenvalue weighted by atomic mass is 10.1. The number of ether oxygens (including phenoxy) is 2. The molecule has 0 saturated heterocycles. The number of nitrogens with zero attached hydrogens (tertiary/aromatic N) is 1. The monoisotopic (exact) mass is 456 g/mol. The maximum absolute atomic E-state index is 14.2. The highest BCUT2D eigenvalue weighted by Gasteiger charge is 2.30. The molecule has 3 rings (SSSR count). The fourth-order valence-corrected chi connectivity index (χ4v) is 4.53. The Morgan fingerprint density at radius 2 is 1.96 bits per heavy atom. The van der Waals surface area contributed by atoms with Crippen molar-refractivity contribution < 1.29 is 23.0 Å². The Morgan fingerprint density at radius 1 is 1.26 bits per heavy atom. The second kappa shape index (κ2) is 8.26. The van der Waals surface area contributed by atoms with E-state index < -0.39 is 23.1 Å². The molecule has 5 nitrogen and oxygen atoms in total. The Hall–Kier alpha value is -2.13. The summed E-state index contributed by atoms with van der Waals surface area (Å²) in [7, 11) is 1.60. The summed E-state index contributed by atoms with van der Waals surface area (Å²) in [5.74, 6) is -2.84. The molecule has 2 aromatic rings. The van der Waals surface area contributed by atoms with E-state index in [9.17, 15) is 13.6 Å². The van der Waals surface area contributed by atoms with Gasteiger partial charge in [0.2, 0.25) is 0 Å². The first kappa shape index (κ1) is 19.6. The van der Waals surface area contributed by atoms with Gasteiger partial charge in [-0.15, -0.1) is 0 Å². The van der Waals surface area contributed by atoms with E-state index in [0.717, 1.165) is 23.4 Å². The van der Waals surface area contributed by atoms with Crippen LogP contribution >= 0.6 is 27.7 Å². The number of aliphatic imine (C=N–C) groups is 1. The first-order valence-electron chi connectivity index (χ1n) is 7.82. The molecule has 1 amide bonds. The van der Waals surface area contributed by atoms with Crippen molar-refractivity contribution in [3.63, 3.8) is 0 Å². The van der Waals surface area contributed by atoms with Gasteiger partial charge in [-0.25, -0.2) is 8.78 Å². The minimum Gasteiger partial charge on any atom is -0.497 e. The molecule has 0 bridgehead atoms. The average molecular weight is 457 g/mol. The van der Waals surface area contributed by atoms with Gasteiger partial charge in [-0.05, 0) is 29.8 Å². The van der Waals surface area contributed by atoms with E-state index in [-0.39, 0.29) is 22.6 Å². The van der Waals surface area contributed by atoms with Crippen LogP contribution in [0.2, 0.25) is 0 Å². The Bertz CT molecular complexity index is 893. The second-order valence-electron chi connectivity index (χ2n) is 5.60. The van der Waals surface area contributed by atoms with Gasteiger partial charge in [-0.1, -0.05) is 39.8 Å². The first-order chi connectivity index (χ1) is 12.9. The third-order valence-corrected chi connectivity index (χ3v) is 5.93. The fraction of sp³-hybridized carbons (Fsp3) is 0.222. The molecule has 0 aromatic heterocycles. The summed E-state index contributed by atoms with van der Waals surface area (Å²) in [4.78, 5) is 15.8. The SMILES string of the molecule is COc1ccc(C2N=C(COc3ccc(F)c(C(N)=O)c3F)SC2Br)cc1. The molecule has 1 aliphatic rings. The zero-order valence-electron chi connectivity index (χ0n) is 14.1. The molecule has 142 valence electrons. The van der Waals surface area contributed by atoms with Gasteiger partial charge in [0.05, 0.1) is 17.3 Å². The number of nitrogens with two attached hydrogens (primary N) is 1. The summed E-state index contributed by atoms with van der Waals surface area (Å²) in [5.41, 5.74) is 5.18. The Morgan fingerprint density at radius 3 is 2.59 bits per heavy atom. The van der Waals surface area contributed by atoms with E-state index in [1.54, 1.807) is 7.11 Å². The van der Waals surface area contributed by atoms with Crippen molar-refractivity contribution in [2.24, 2.45) is 10.7 Å². The van der Waals surface area contributed by atoms with Gasteiger partial charge in [0.1, 0.15) is 28.8 Å². The topological polar surface area (TPSA) is 73.9 Å². The maximum Gasteiger partial charge on any atom is 0.254 e. The van der Waals surface area contributed by atoms with Crippen molar-refractivity contribution in [3.8, 4) is 11.5 Å². The van der Waals surface area contributed by atoms with E-state index in [1.165, 1.54) is 11.8 Å². The van der Waals surface area contributed by atoms with Crippen molar-refractivity contribution in [2.45, 2.75) is 10.2 Å². The second-order valence-corrected chi connectivity index (χ2v) is 8.40. The molecule has 2 N–H and O–H groups in total. The summed E-state index contributed by atoms with van der Waals surface area (Å²) in [6, 6.07) is 9.46. The van der Waals surface area contributed by atoms with Crippen LogP contribution in [0.25, 0.3) is 0 Å². The molecule has 1 heterocycles. The molecular formula is C18H15BrF2N2O3S. The summed E-state index contributed by atoms with van der Waals surface area (Å²) >= 11 is 5.01. The third-order valence-electron chi connectivity index (χ3n) is 3.89. The highest BCUT2D eigenvalue weighted by Crippen LogP contribution is 2.41. The van der Waals surface area contributed by atoms with E-state index in [0.29, 0.717) is 5.04 Å². The highest BCUT2D eigenvalue weighted by atomic mass is 79.9. The lowest BCUT2D eigenvalue weighted by Gasteiger charge is -2.11. The number of methoxy groups -OCH3 is 1. The normalized spacial score (nSPS) is 18.9. The molecule has 0 spiro atoms. The fourth-order valence-electron chi connectivity index (χ4n) is 2.55. The number of carbonyl (C=O) groups is 1. The molecule has 0 radical (unpaired) electrons. The van der Waals surface area contributed by atoms with Crippen molar-refractivity contribution in [3.05, 3.63) is 59.2 Å². The van der Waals surface area contributed by atoms with Crippen LogP contribution in [-0.2, 0) is 0 Å². The number of benzene rings is 2. The Labute approximate surface area is 167 Å². The molecule has 2 aromatic carbocycles. The summed E-state index contributed by atoms with van der Waals surface area (Å²) < 4.78 is 38.3. The Kier molecular flexibility index (Phi) is 6.01. The van der Waals surface area contributed by atoms with E-state index >= 15 is 0 Å². The number of rotatable bonds is 6. The standard InChI is InChI=1S/C18H15BrF2N2O3S/c1-25-10-4-2-9(3-5-10)16-17(19)27-13(23-16)8-26-12-7-6-11(20)14(15(12)21)18(22)24/h2-7,16-17H,8H2,1H3,(H2,22,24).